The lowest BCUT2D eigenvalue weighted by Gasteiger charge is -2.14. The standard InChI is InChI=1S/C26H32/c1-2-8-20-13-15-23(16-14-20)25-12-7-11-24-18-22(19-26(24)25)17-21-9-5-3-4-6-10-21/h7,11-16,19,21H,2-6,8-10,17-18H2,1H3. The Kier molecular flexibility index (Phi) is 5.58. The fraction of sp³-hybridized carbons (Fsp3) is 0.462. The quantitative estimate of drug-likeness (QED) is 0.490. The summed E-state index contributed by atoms with van der Waals surface area (Å²) in [5, 5.41) is 0. The molecule has 1 saturated carbocycles. The topological polar surface area (TPSA) is 0 Å². The molecule has 0 heteroatoms. The van der Waals surface area contributed by atoms with Crippen LogP contribution in [0.2, 0.25) is 0 Å². The van der Waals surface area contributed by atoms with Crippen molar-refractivity contribution in [3.05, 3.63) is 64.7 Å². The van der Waals surface area contributed by atoms with E-state index in [9.17, 15) is 0 Å². The molecule has 0 amide bonds. The Morgan fingerprint density at radius 1 is 0.885 bits per heavy atom. The highest BCUT2D eigenvalue weighted by molar-refractivity contribution is 5.80. The molecule has 2 aromatic rings. The van der Waals surface area contributed by atoms with Crippen LogP contribution in [0.1, 0.15) is 75.0 Å². The average molecular weight is 345 g/mol. The van der Waals surface area contributed by atoms with Crippen LogP contribution in [-0.4, -0.2) is 0 Å². The summed E-state index contributed by atoms with van der Waals surface area (Å²) in [6.07, 6.45) is 16.1. The highest BCUT2D eigenvalue weighted by Crippen LogP contribution is 2.38. The van der Waals surface area contributed by atoms with E-state index in [-0.39, 0.29) is 0 Å². The van der Waals surface area contributed by atoms with Gasteiger partial charge in [-0.2, -0.15) is 0 Å². The SMILES string of the molecule is CCCc1ccc(-c2cccc3c2C=C(CC2CCCCCC2)C3)cc1. The molecule has 0 aromatic heterocycles. The van der Waals surface area contributed by atoms with E-state index in [1.807, 2.05) is 0 Å². The fourth-order valence-electron chi connectivity index (χ4n) is 4.90. The van der Waals surface area contributed by atoms with Crippen molar-refractivity contribution in [1.82, 2.24) is 0 Å². The molecule has 0 saturated heterocycles. The molecular weight excluding hydrogens is 312 g/mol. The van der Waals surface area contributed by atoms with E-state index >= 15 is 0 Å². The van der Waals surface area contributed by atoms with E-state index < -0.39 is 0 Å². The molecule has 0 heterocycles. The number of aryl methyl sites for hydroxylation is 1. The number of hydrogen-bond acceptors (Lipinski definition) is 0. The van der Waals surface area contributed by atoms with Gasteiger partial charge in [0, 0.05) is 0 Å². The maximum atomic E-state index is 2.52. The van der Waals surface area contributed by atoms with Crippen molar-refractivity contribution >= 4 is 6.08 Å². The predicted octanol–water partition coefficient (Wildman–Crippen LogP) is 7.61. The predicted molar refractivity (Wildman–Crippen MR) is 113 cm³/mol. The molecule has 0 spiro atoms. The summed E-state index contributed by atoms with van der Waals surface area (Å²) in [4.78, 5) is 0. The van der Waals surface area contributed by atoms with Crippen LogP contribution in [0.4, 0.5) is 0 Å². The van der Waals surface area contributed by atoms with E-state index in [2.05, 4.69) is 55.5 Å². The summed E-state index contributed by atoms with van der Waals surface area (Å²) in [5.74, 6) is 0.926. The molecule has 2 aromatic carbocycles. The number of rotatable bonds is 5. The maximum Gasteiger partial charge on any atom is -0.00575 e. The van der Waals surface area contributed by atoms with Gasteiger partial charge in [-0.1, -0.05) is 106 Å². The monoisotopic (exact) mass is 344 g/mol. The first-order valence-electron chi connectivity index (χ1n) is 10.7. The summed E-state index contributed by atoms with van der Waals surface area (Å²) in [6.45, 7) is 2.25. The van der Waals surface area contributed by atoms with Crippen LogP contribution in [0.25, 0.3) is 17.2 Å². The smallest absolute Gasteiger partial charge is 0.00575 e. The second kappa shape index (κ2) is 8.25. The van der Waals surface area contributed by atoms with Crippen LogP contribution in [0.3, 0.4) is 0 Å². The molecule has 0 bridgehead atoms. The van der Waals surface area contributed by atoms with Gasteiger partial charge in [0.2, 0.25) is 0 Å². The third kappa shape index (κ3) is 3.95. The Hall–Kier alpha value is -1.82. The first kappa shape index (κ1) is 17.6. The lowest BCUT2D eigenvalue weighted by atomic mass is 9.92. The molecule has 2 aliphatic rings. The maximum absolute atomic E-state index is 2.52. The number of hydrogen-bond donors (Lipinski definition) is 0. The summed E-state index contributed by atoms with van der Waals surface area (Å²) in [6, 6.07) is 16.1. The molecule has 0 nitrogen and oxygen atoms in total. The van der Waals surface area contributed by atoms with E-state index in [0.29, 0.717) is 0 Å². The minimum absolute atomic E-state index is 0.926. The summed E-state index contributed by atoms with van der Waals surface area (Å²) in [5.41, 5.74) is 8.92. The van der Waals surface area contributed by atoms with Crippen molar-refractivity contribution in [3.8, 4) is 11.1 Å². The molecule has 136 valence electrons. The Labute approximate surface area is 159 Å². The third-order valence-electron chi connectivity index (χ3n) is 6.29. The van der Waals surface area contributed by atoms with E-state index in [1.54, 1.807) is 5.57 Å². The van der Waals surface area contributed by atoms with Gasteiger partial charge < -0.3 is 0 Å². The number of fused-ring (bicyclic) bond motifs is 1. The van der Waals surface area contributed by atoms with Gasteiger partial charge >= 0.3 is 0 Å². The molecule has 0 atom stereocenters. The van der Waals surface area contributed by atoms with Gasteiger partial charge in [0.25, 0.3) is 0 Å². The second-order valence-electron chi connectivity index (χ2n) is 8.37. The van der Waals surface area contributed by atoms with Crippen LogP contribution in [-0.2, 0) is 12.8 Å². The van der Waals surface area contributed by atoms with Crippen molar-refractivity contribution in [3.63, 3.8) is 0 Å². The van der Waals surface area contributed by atoms with Crippen molar-refractivity contribution in [1.29, 1.82) is 0 Å². The van der Waals surface area contributed by atoms with Crippen LogP contribution >= 0.6 is 0 Å². The molecular formula is C26H32. The zero-order valence-corrected chi connectivity index (χ0v) is 16.3. The van der Waals surface area contributed by atoms with Gasteiger partial charge in [0.05, 0.1) is 0 Å². The second-order valence-corrected chi connectivity index (χ2v) is 8.37. The minimum atomic E-state index is 0.926. The fourth-order valence-corrected chi connectivity index (χ4v) is 4.90. The van der Waals surface area contributed by atoms with Crippen LogP contribution in [0, 0.1) is 5.92 Å². The highest BCUT2D eigenvalue weighted by Gasteiger charge is 2.20. The van der Waals surface area contributed by atoms with Crippen molar-refractivity contribution in [2.45, 2.75) is 71.1 Å². The molecule has 2 aliphatic carbocycles. The molecule has 26 heavy (non-hydrogen) atoms. The summed E-state index contributed by atoms with van der Waals surface area (Å²) in [7, 11) is 0. The molecule has 0 N–H and O–H groups in total. The average Bonchev–Trinajstić information content (AvgIpc) is 2.90. The first-order chi connectivity index (χ1) is 12.8. The van der Waals surface area contributed by atoms with E-state index in [4.69, 9.17) is 0 Å². The van der Waals surface area contributed by atoms with Gasteiger partial charge in [-0.15, -0.1) is 0 Å². The highest BCUT2D eigenvalue weighted by atomic mass is 14.2. The normalized spacial score (nSPS) is 17.7. The Balaban J connectivity index is 1.55. The van der Waals surface area contributed by atoms with Crippen LogP contribution in [0.5, 0.6) is 0 Å². The van der Waals surface area contributed by atoms with Gasteiger partial charge in [-0.05, 0) is 53.0 Å². The zero-order chi connectivity index (χ0) is 17.8. The number of benzene rings is 2. The number of allylic oxidation sites excluding steroid dienone is 1. The van der Waals surface area contributed by atoms with Gasteiger partial charge in [0.1, 0.15) is 0 Å². The van der Waals surface area contributed by atoms with Crippen molar-refractivity contribution < 1.29 is 0 Å². The van der Waals surface area contributed by atoms with E-state index in [1.165, 1.54) is 92.0 Å². The first-order valence-corrected chi connectivity index (χ1v) is 10.7. The lowest BCUT2D eigenvalue weighted by molar-refractivity contribution is 0.455. The van der Waals surface area contributed by atoms with Crippen LogP contribution in [0.15, 0.2) is 48.0 Å². The molecule has 0 radical (unpaired) electrons. The van der Waals surface area contributed by atoms with Crippen LogP contribution < -0.4 is 0 Å². The molecule has 0 unspecified atom stereocenters. The zero-order valence-electron chi connectivity index (χ0n) is 16.3. The Morgan fingerprint density at radius 2 is 1.65 bits per heavy atom. The van der Waals surface area contributed by atoms with E-state index in [0.717, 1.165) is 5.92 Å². The lowest BCUT2D eigenvalue weighted by Crippen LogP contribution is -2.00. The molecule has 4 rings (SSSR count). The Morgan fingerprint density at radius 3 is 2.38 bits per heavy atom. The Bertz CT molecular complexity index is 755. The van der Waals surface area contributed by atoms with Gasteiger partial charge in [-0.3, -0.25) is 0 Å². The summed E-state index contributed by atoms with van der Waals surface area (Å²) >= 11 is 0. The van der Waals surface area contributed by atoms with Gasteiger partial charge in [0.15, 0.2) is 0 Å². The molecule has 1 fully saturated rings. The largest absolute Gasteiger partial charge is 0.0651 e. The third-order valence-corrected chi connectivity index (χ3v) is 6.29. The van der Waals surface area contributed by atoms with Crippen molar-refractivity contribution in [2.75, 3.05) is 0 Å². The van der Waals surface area contributed by atoms with Gasteiger partial charge in [-0.25, -0.2) is 0 Å². The van der Waals surface area contributed by atoms with Crippen molar-refractivity contribution in [2.24, 2.45) is 5.92 Å². The minimum Gasteiger partial charge on any atom is -0.0651 e. The summed E-state index contributed by atoms with van der Waals surface area (Å²) < 4.78 is 0. The molecule has 0 aliphatic heterocycles.